The number of amides is 1. The molecule has 0 spiro atoms. The first-order valence-corrected chi connectivity index (χ1v) is 7.19. The lowest BCUT2D eigenvalue weighted by atomic mass is 9.93. The highest BCUT2D eigenvalue weighted by atomic mass is 16.5. The minimum Gasteiger partial charge on any atom is -0.481 e. The summed E-state index contributed by atoms with van der Waals surface area (Å²) in [5.41, 5.74) is 0. The molecule has 1 N–H and O–H groups in total. The number of aliphatic carboxylic acids is 1. The van der Waals surface area contributed by atoms with Crippen molar-refractivity contribution in [1.82, 2.24) is 4.90 Å². The molecule has 0 aromatic heterocycles. The number of carbonyl (C=O) groups excluding carboxylic acids is 1. The van der Waals surface area contributed by atoms with E-state index in [2.05, 4.69) is 0 Å². The third-order valence-electron chi connectivity index (χ3n) is 4.37. The van der Waals surface area contributed by atoms with Gasteiger partial charge in [-0.05, 0) is 26.2 Å². The van der Waals surface area contributed by atoms with E-state index in [1.165, 1.54) is 0 Å². The van der Waals surface area contributed by atoms with Crippen molar-refractivity contribution in [3.63, 3.8) is 0 Å². The van der Waals surface area contributed by atoms with Gasteiger partial charge in [-0.2, -0.15) is 0 Å². The van der Waals surface area contributed by atoms with Crippen molar-refractivity contribution in [2.45, 2.75) is 51.7 Å². The van der Waals surface area contributed by atoms with Gasteiger partial charge < -0.3 is 14.7 Å². The van der Waals surface area contributed by atoms with Gasteiger partial charge in [-0.1, -0.05) is 13.3 Å². The predicted molar refractivity (Wildman–Crippen MR) is 69.7 cm³/mol. The molecule has 2 aliphatic rings. The molecule has 1 saturated heterocycles. The molecule has 2 unspecified atom stereocenters. The lowest BCUT2D eigenvalue weighted by molar-refractivity contribution is -0.155. The quantitative estimate of drug-likeness (QED) is 0.843. The van der Waals surface area contributed by atoms with Crippen LogP contribution in [-0.2, 0) is 14.3 Å². The lowest BCUT2D eigenvalue weighted by Crippen LogP contribution is -2.53. The summed E-state index contributed by atoms with van der Waals surface area (Å²) in [4.78, 5) is 25.7. The van der Waals surface area contributed by atoms with E-state index in [0.29, 0.717) is 26.0 Å². The van der Waals surface area contributed by atoms with Crippen molar-refractivity contribution in [1.29, 1.82) is 0 Å². The number of carbonyl (C=O) groups is 2. The lowest BCUT2D eigenvalue weighted by Gasteiger charge is -2.40. The number of hydrogen-bond acceptors (Lipinski definition) is 3. The summed E-state index contributed by atoms with van der Waals surface area (Å²) in [5.74, 6) is -1.64. The van der Waals surface area contributed by atoms with Crippen LogP contribution < -0.4 is 0 Å². The third-order valence-corrected chi connectivity index (χ3v) is 4.37. The molecule has 2 rings (SSSR count). The van der Waals surface area contributed by atoms with Crippen LogP contribution in [0.3, 0.4) is 0 Å². The maximum atomic E-state index is 12.6. The molecule has 5 nitrogen and oxygen atoms in total. The van der Waals surface area contributed by atoms with Gasteiger partial charge in [0.05, 0.1) is 30.6 Å². The van der Waals surface area contributed by atoms with Crippen molar-refractivity contribution in [2.75, 3.05) is 13.2 Å². The van der Waals surface area contributed by atoms with E-state index in [1.807, 2.05) is 18.7 Å². The number of rotatable bonds is 3. The Morgan fingerprint density at radius 3 is 2.63 bits per heavy atom. The molecule has 0 aromatic rings. The molecule has 5 heteroatoms. The number of carboxylic acids is 1. The molecule has 0 radical (unpaired) electrons. The van der Waals surface area contributed by atoms with Crippen LogP contribution in [0, 0.1) is 11.8 Å². The highest BCUT2D eigenvalue weighted by Crippen LogP contribution is 2.34. The summed E-state index contributed by atoms with van der Waals surface area (Å²) in [5, 5.41) is 9.21. The zero-order valence-electron chi connectivity index (χ0n) is 11.7. The van der Waals surface area contributed by atoms with Gasteiger partial charge in [0.1, 0.15) is 0 Å². The van der Waals surface area contributed by atoms with E-state index in [1.54, 1.807) is 0 Å². The average molecular weight is 269 g/mol. The average Bonchev–Trinajstić information content (AvgIpc) is 2.87. The Labute approximate surface area is 113 Å². The van der Waals surface area contributed by atoms with Crippen molar-refractivity contribution in [2.24, 2.45) is 11.8 Å². The molecule has 1 amide bonds. The Bertz CT molecular complexity index is 357. The van der Waals surface area contributed by atoms with Crippen LogP contribution in [0.1, 0.15) is 39.5 Å². The van der Waals surface area contributed by atoms with Crippen LogP contribution in [-0.4, -0.2) is 47.2 Å². The van der Waals surface area contributed by atoms with E-state index in [-0.39, 0.29) is 24.0 Å². The second kappa shape index (κ2) is 5.90. The van der Waals surface area contributed by atoms with Gasteiger partial charge in [0.15, 0.2) is 0 Å². The minimum absolute atomic E-state index is 0.0203. The van der Waals surface area contributed by atoms with Crippen molar-refractivity contribution in [3.8, 4) is 0 Å². The number of ether oxygens (including phenoxy) is 1. The summed E-state index contributed by atoms with van der Waals surface area (Å²) in [7, 11) is 0. The number of morpholine rings is 1. The summed E-state index contributed by atoms with van der Waals surface area (Å²) in [6, 6.07) is 0.0961. The summed E-state index contributed by atoms with van der Waals surface area (Å²) in [6.07, 6.45) is 3.06. The van der Waals surface area contributed by atoms with Crippen LogP contribution in [0.4, 0.5) is 0 Å². The second-order valence-corrected chi connectivity index (χ2v) is 5.68. The first kappa shape index (κ1) is 14.3. The Morgan fingerprint density at radius 2 is 2.00 bits per heavy atom. The van der Waals surface area contributed by atoms with Crippen LogP contribution in [0.15, 0.2) is 0 Å². The maximum absolute atomic E-state index is 12.6. The van der Waals surface area contributed by atoms with E-state index in [0.717, 1.165) is 12.8 Å². The van der Waals surface area contributed by atoms with Crippen molar-refractivity contribution < 1.29 is 19.4 Å². The zero-order valence-corrected chi connectivity index (χ0v) is 11.7. The fourth-order valence-electron chi connectivity index (χ4n) is 3.22. The molecular formula is C14H23NO4. The fourth-order valence-corrected chi connectivity index (χ4v) is 3.22. The smallest absolute Gasteiger partial charge is 0.307 e. The van der Waals surface area contributed by atoms with E-state index < -0.39 is 11.9 Å². The second-order valence-electron chi connectivity index (χ2n) is 5.68. The van der Waals surface area contributed by atoms with Crippen molar-refractivity contribution in [3.05, 3.63) is 0 Å². The molecule has 19 heavy (non-hydrogen) atoms. The molecule has 4 atom stereocenters. The van der Waals surface area contributed by atoms with E-state index >= 15 is 0 Å². The number of carboxylic acid groups (broad SMARTS) is 1. The van der Waals surface area contributed by atoms with E-state index in [4.69, 9.17) is 4.74 Å². The maximum Gasteiger partial charge on any atom is 0.307 e. The SMILES string of the molecule is CCC1COC(C)CN1C(=O)[C@@H]1CCC[C@@H]1C(=O)O. The molecule has 0 aromatic carbocycles. The van der Waals surface area contributed by atoms with Crippen LogP contribution >= 0.6 is 0 Å². The van der Waals surface area contributed by atoms with Gasteiger partial charge in [0.25, 0.3) is 0 Å². The number of nitrogens with zero attached hydrogens (tertiary/aromatic N) is 1. The Morgan fingerprint density at radius 1 is 1.32 bits per heavy atom. The largest absolute Gasteiger partial charge is 0.481 e. The molecule has 2 fully saturated rings. The summed E-state index contributed by atoms with van der Waals surface area (Å²) < 4.78 is 5.59. The monoisotopic (exact) mass is 269 g/mol. The first-order valence-electron chi connectivity index (χ1n) is 7.19. The van der Waals surface area contributed by atoms with Gasteiger partial charge in [0.2, 0.25) is 5.91 Å². The normalized spacial score (nSPS) is 35.4. The Balaban J connectivity index is 2.10. The van der Waals surface area contributed by atoms with Gasteiger partial charge in [-0.25, -0.2) is 0 Å². The molecule has 1 aliphatic carbocycles. The van der Waals surface area contributed by atoms with Crippen LogP contribution in [0.2, 0.25) is 0 Å². The predicted octanol–water partition coefficient (Wildman–Crippen LogP) is 1.51. The molecule has 1 saturated carbocycles. The van der Waals surface area contributed by atoms with Gasteiger partial charge in [0, 0.05) is 6.54 Å². The van der Waals surface area contributed by atoms with Crippen LogP contribution in [0.25, 0.3) is 0 Å². The third kappa shape index (κ3) is 2.91. The standard InChI is InChI=1S/C14H23NO4/c1-3-10-8-19-9(2)7-15(10)13(16)11-5-4-6-12(11)14(17)18/h9-12H,3-8H2,1-2H3,(H,17,18)/t9?,10?,11-,12+/m1/s1. The highest BCUT2D eigenvalue weighted by Gasteiger charge is 2.42. The van der Waals surface area contributed by atoms with Crippen LogP contribution in [0.5, 0.6) is 0 Å². The summed E-state index contributed by atoms with van der Waals surface area (Å²) in [6.45, 7) is 5.14. The molecule has 108 valence electrons. The molecule has 1 heterocycles. The highest BCUT2D eigenvalue weighted by molar-refractivity contribution is 5.85. The number of hydrogen-bond donors (Lipinski definition) is 1. The van der Waals surface area contributed by atoms with Gasteiger partial charge in [-0.15, -0.1) is 0 Å². The summed E-state index contributed by atoms with van der Waals surface area (Å²) >= 11 is 0. The Kier molecular flexibility index (Phi) is 4.45. The Hall–Kier alpha value is -1.10. The molecular weight excluding hydrogens is 246 g/mol. The zero-order chi connectivity index (χ0) is 14.0. The first-order chi connectivity index (χ1) is 9.04. The van der Waals surface area contributed by atoms with Gasteiger partial charge >= 0.3 is 5.97 Å². The topological polar surface area (TPSA) is 66.8 Å². The molecule has 0 bridgehead atoms. The van der Waals surface area contributed by atoms with Crippen molar-refractivity contribution >= 4 is 11.9 Å². The minimum atomic E-state index is -0.829. The molecule has 1 aliphatic heterocycles. The fraction of sp³-hybridized carbons (Fsp3) is 0.857. The van der Waals surface area contributed by atoms with Gasteiger partial charge in [-0.3, -0.25) is 9.59 Å². The van der Waals surface area contributed by atoms with E-state index in [9.17, 15) is 14.7 Å².